The van der Waals surface area contributed by atoms with E-state index in [2.05, 4.69) is 31.0 Å². The summed E-state index contributed by atoms with van der Waals surface area (Å²) in [5.41, 5.74) is 2.40. The van der Waals surface area contributed by atoms with Crippen molar-refractivity contribution in [3.05, 3.63) is 35.9 Å². The van der Waals surface area contributed by atoms with Crippen molar-refractivity contribution in [3.8, 4) is 0 Å². The van der Waals surface area contributed by atoms with Crippen LogP contribution in [-0.2, 0) is 0 Å². The third-order valence-electron chi connectivity index (χ3n) is 5.70. The van der Waals surface area contributed by atoms with Gasteiger partial charge in [-0.3, -0.25) is 4.79 Å². The summed E-state index contributed by atoms with van der Waals surface area (Å²) in [6.45, 7) is 1.65. The molecule has 2 aromatic heterocycles. The Morgan fingerprint density at radius 2 is 2.00 bits per heavy atom. The molecule has 0 spiro atoms. The van der Waals surface area contributed by atoms with Crippen LogP contribution >= 0.6 is 0 Å². The highest BCUT2D eigenvalue weighted by atomic mass is 19.4. The maximum absolute atomic E-state index is 13.2. The van der Waals surface area contributed by atoms with Crippen LogP contribution in [-0.4, -0.2) is 70.0 Å². The van der Waals surface area contributed by atoms with Crippen molar-refractivity contribution in [3.63, 3.8) is 0 Å². The third-order valence-corrected chi connectivity index (χ3v) is 5.70. The third kappa shape index (κ3) is 3.35. The summed E-state index contributed by atoms with van der Waals surface area (Å²) in [7, 11) is 1.43. The molecule has 5 rings (SSSR count). The van der Waals surface area contributed by atoms with Crippen LogP contribution in [0.3, 0.4) is 0 Å². The SMILES string of the molecule is CN1C=C(NC(=O)c2cnn3ccc(N4CC5CCC(C4)N5)nc23)C(C(F)(F)F)N1. The molecule has 0 aromatic carbocycles. The molecule has 3 atom stereocenters. The number of fused-ring (bicyclic) bond motifs is 3. The van der Waals surface area contributed by atoms with Crippen LogP contribution in [0.25, 0.3) is 5.65 Å². The van der Waals surface area contributed by atoms with E-state index in [4.69, 9.17) is 0 Å². The molecule has 30 heavy (non-hydrogen) atoms. The number of rotatable bonds is 3. The Labute approximate surface area is 169 Å². The average Bonchev–Trinajstić information content (AvgIpc) is 3.37. The maximum atomic E-state index is 13.2. The second-order valence-electron chi connectivity index (χ2n) is 7.91. The van der Waals surface area contributed by atoms with Gasteiger partial charge in [0, 0.05) is 44.6 Å². The molecule has 9 nitrogen and oxygen atoms in total. The van der Waals surface area contributed by atoms with E-state index in [0.29, 0.717) is 17.7 Å². The number of hydrazine groups is 1. The first kappa shape index (κ1) is 19.1. The lowest BCUT2D eigenvalue weighted by Gasteiger charge is -2.33. The van der Waals surface area contributed by atoms with Crippen molar-refractivity contribution < 1.29 is 18.0 Å². The number of halogens is 3. The molecule has 1 amide bonds. The van der Waals surface area contributed by atoms with Gasteiger partial charge >= 0.3 is 6.18 Å². The van der Waals surface area contributed by atoms with Crippen LogP contribution in [0.4, 0.5) is 19.0 Å². The Morgan fingerprint density at radius 3 is 2.70 bits per heavy atom. The van der Waals surface area contributed by atoms with Crippen LogP contribution in [0.1, 0.15) is 23.2 Å². The molecule has 3 aliphatic heterocycles. The predicted molar refractivity (Wildman–Crippen MR) is 101 cm³/mol. The summed E-state index contributed by atoms with van der Waals surface area (Å²) in [5.74, 6) is 0.0396. The minimum atomic E-state index is -4.54. The Balaban J connectivity index is 1.40. The molecule has 0 saturated carbocycles. The van der Waals surface area contributed by atoms with Gasteiger partial charge in [0.05, 0.1) is 11.9 Å². The van der Waals surface area contributed by atoms with Crippen molar-refractivity contribution in [1.82, 2.24) is 35.7 Å². The van der Waals surface area contributed by atoms with Crippen LogP contribution in [0.2, 0.25) is 0 Å². The molecular weight excluding hydrogens is 401 g/mol. The maximum Gasteiger partial charge on any atom is 0.411 e. The highest BCUT2D eigenvalue weighted by Gasteiger charge is 2.46. The van der Waals surface area contributed by atoms with E-state index in [9.17, 15) is 18.0 Å². The van der Waals surface area contributed by atoms with E-state index in [1.54, 1.807) is 6.20 Å². The zero-order valence-electron chi connectivity index (χ0n) is 16.1. The molecule has 3 N–H and O–H groups in total. The monoisotopic (exact) mass is 422 g/mol. The van der Waals surface area contributed by atoms with Gasteiger partial charge in [0.15, 0.2) is 11.7 Å². The predicted octanol–water partition coefficient (Wildman–Crippen LogP) is 0.622. The van der Waals surface area contributed by atoms with Gasteiger partial charge in [0.2, 0.25) is 0 Å². The molecule has 0 aliphatic carbocycles. The fraction of sp³-hybridized carbons (Fsp3) is 0.500. The standard InChI is InChI=1S/C18H21F3N8O/c1-27-9-13(15(26-27)18(19,20)21)24-17(30)12-6-22-29-5-4-14(25-16(12)29)28-7-10-2-3-11(8-28)23-10/h4-6,9-11,15,23,26H,2-3,7-8H2,1H3,(H,24,30). The van der Waals surface area contributed by atoms with Crippen molar-refractivity contribution in [2.75, 3.05) is 25.0 Å². The van der Waals surface area contributed by atoms with Gasteiger partial charge in [-0.05, 0) is 18.9 Å². The van der Waals surface area contributed by atoms with E-state index in [0.717, 1.165) is 31.7 Å². The topological polar surface area (TPSA) is 89.8 Å². The van der Waals surface area contributed by atoms with Crippen molar-refractivity contribution in [1.29, 1.82) is 0 Å². The van der Waals surface area contributed by atoms with Gasteiger partial charge in [0.25, 0.3) is 5.91 Å². The fourth-order valence-electron chi connectivity index (χ4n) is 4.33. The summed E-state index contributed by atoms with van der Waals surface area (Å²) in [6.07, 6.45) is 1.94. The molecule has 12 heteroatoms. The van der Waals surface area contributed by atoms with Gasteiger partial charge < -0.3 is 20.5 Å². The van der Waals surface area contributed by atoms with Crippen LogP contribution in [0.5, 0.6) is 0 Å². The van der Waals surface area contributed by atoms with Crippen molar-refractivity contribution in [2.24, 2.45) is 0 Å². The minimum Gasteiger partial charge on any atom is -0.353 e. The number of hydrogen-bond donors (Lipinski definition) is 3. The van der Waals surface area contributed by atoms with Gasteiger partial charge in [-0.1, -0.05) is 0 Å². The van der Waals surface area contributed by atoms with E-state index < -0.39 is 18.1 Å². The molecule has 2 aromatic rings. The number of alkyl halides is 3. The van der Waals surface area contributed by atoms with Crippen LogP contribution < -0.4 is 21.0 Å². The molecule has 0 radical (unpaired) electrons. The van der Waals surface area contributed by atoms with Crippen molar-refractivity contribution in [2.45, 2.75) is 37.1 Å². The quantitative estimate of drug-likeness (QED) is 0.668. The first-order chi connectivity index (χ1) is 14.3. The number of carbonyl (C=O) groups is 1. The number of nitrogens with one attached hydrogen (secondary N) is 3. The number of amides is 1. The Morgan fingerprint density at radius 1 is 1.27 bits per heavy atom. The number of aromatic nitrogens is 3. The molecule has 2 saturated heterocycles. The number of anilines is 1. The minimum absolute atomic E-state index is 0.117. The summed E-state index contributed by atoms with van der Waals surface area (Å²) in [5, 5.41) is 11.2. The molecule has 2 bridgehead atoms. The van der Waals surface area contributed by atoms with E-state index in [1.807, 2.05) is 6.07 Å². The Kier molecular flexibility index (Phi) is 4.36. The lowest BCUT2D eigenvalue weighted by Crippen LogP contribution is -2.51. The fourth-order valence-corrected chi connectivity index (χ4v) is 4.33. The largest absolute Gasteiger partial charge is 0.411 e. The van der Waals surface area contributed by atoms with Crippen molar-refractivity contribution >= 4 is 17.4 Å². The second-order valence-corrected chi connectivity index (χ2v) is 7.91. The highest BCUT2D eigenvalue weighted by molar-refractivity contribution is 6.00. The summed E-state index contributed by atoms with van der Waals surface area (Å²) in [4.78, 5) is 19.6. The molecule has 160 valence electrons. The molecule has 3 unspecified atom stereocenters. The van der Waals surface area contributed by atoms with Gasteiger partial charge in [0.1, 0.15) is 11.4 Å². The van der Waals surface area contributed by atoms with Gasteiger partial charge in [-0.25, -0.2) is 14.9 Å². The number of nitrogens with zero attached hydrogens (tertiary/aromatic N) is 5. The first-order valence-electron chi connectivity index (χ1n) is 9.72. The molecule has 5 heterocycles. The number of hydrogen-bond acceptors (Lipinski definition) is 7. The smallest absolute Gasteiger partial charge is 0.353 e. The van der Waals surface area contributed by atoms with E-state index in [1.165, 1.54) is 29.0 Å². The first-order valence-corrected chi connectivity index (χ1v) is 9.72. The highest BCUT2D eigenvalue weighted by Crippen LogP contribution is 2.28. The molecular formula is C18H21F3N8O. The van der Waals surface area contributed by atoms with Gasteiger partial charge in [-0.2, -0.15) is 18.3 Å². The lowest BCUT2D eigenvalue weighted by molar-refractivity contribution is -0.151. The zero-order chi connectivity index (χ0) is 21.0. The average molecular weight is 422 g/mol. The zero-order valence-corrected chi connectivity index (χ0v) is 16.1. The van der Waals surface area contributed by atoms with E-state index >= 15 is 0 Å². The molecule has 3 aliphatic rings. The summed E-state index contributed by atoms with van der Waals surface area (Å²) in [6, 6.07) is 0.707. The molecule has 2 fully saturated rings. The second kappa shape index (κ2) is 6.84. The Bertz CT molecular complexity index is 1010. The number of piperazine rings is 1. The van der Waals surface area contributed by atoms with Gasteiger partial charge in [-0.15, -0.1) is 0 Å². The summed E-state index contributed by atoms with van der Waals surface area (Å²) < 4.78 is 41.2. The Hall–Kier alpha value is -2.86. The number of carbonyl (C=O) groups excluding carboxylic acids is 1. The lowest BCUT2D eigenvalue weighted by atomic mass is 10.2. The summed E-state index contributed by atoms with van der Waals surface area (Å²) >= 11 is 0. The van der Waals surface area contributed by atoms with Crippen LogP contribution in [0, 0.1) is 0 Å². The van der Waals surface area contributed by atoms with E-state index in [-0.39, 0.29) is 11.3 Å². The normalized spacial score (nSPS) is 26.4. The van der Waals surface area contributed by atoms with Crippen LogP contribution in [0.15, 0.2) is 30.4 Å².